The van der Waals surface area contributed by atoms with Gasteiger partial charge in [0.25, 0.3) is 0 Å². The molecule has 1 aliphatic carbocycles. The number of rotatable bonds is 3. The fourth-order valence-electron chi connectivity index (χ4n) is 2.93. The van der Waals surface area contributed by atoms with Crippen LogP contribution in [0, 0.1) is 0 Å². The third-order valence-corrected chi connectivity index (χ3v) is 4.66. The number of fused-ring (bicyclic) bond motifs is 1. The summed E-state index contributed by atoms with van der Waals surface area (Å²) in [5.74, 6) is 0. The highest BCUT2D eigenvalue weighted by Gasteiger charge is 2.21. The lowest BCUT2D eigenvalue weighted by Gasteiger charge is -2.21. The molecule has 1 aromatic carbocycles. The molecule has 0 aliphatic heterocycles. The first-order valence-electron chi connectivity index (χ1n) is 7.55. The van der Waals surface area contributed by atoms with Gasteiger partial charge in [-0.1, -0.05) is 43.5 Å². The molecule has 20 heavy (non-hydrogen) atoms. The van der Waals surface area contributed by atoms with Gasteiger partial charge in [-0.15, -0.1) is 11.6 Å². The van der Waals surface area contributed by atoms with Gasteiger partial charge >= 0.3 is 0 Å². The smallest absolute Gasteiger partial charge is 0.0705 e. The van der Waals surface area contributed by atoms with Crippen molar-refractivity contribution >= 4 is 22.5 Å². The number of hydrogen-bond donors (Lipinski definition) is 1. The van der Waals surface area contributed by atoms with Crippen LogP contribution in [0.2, 0.25) is 0 Å². The van der Waals surface area contributed by atoms with E-state index in [1.165, 1.54) is 31.1 Å². The summed E-state index contributed by atoms with van der Waals surface area (Å²) < 4.78 is 0. The zero-order valence-corrected chi connectivity index (χ0v) is 12.4. The van der Waals surface area contributed by atoms with Crippen molar-refractivity contribution in [1.29, 1.82) is 0 Å². The van der Waals surface area contributed by atoms with Crippen molar-refractivity contribution in [3.8, 4) is 0 Å². The van der Waals surface area contributed by atoms with Crippen molar-refractivity contribution < 1.29 is 0 Å². The number of pyridine rings is 1. The Morgan fingerprint density at radius 3 is 2.85 bits per heavy atom. The zero-order valence-electron chi connectivity index (χ0n) is 11.7. The van der Waals surface area contributed by atoms with Crippen LogP contribution in [0.5, 0.6) is 0 Å². The number of alkyl halides is 1. The first-order chi connectivity index (χ1) is 9.83. The SMILES string of the molecule is ClC1CCCCCC1NCc1ccc2ccccc2n1. The molecule has 0 radical (unpaired) electrons. The summed E-state index contributed by atoms with van der Waals surface area (Å²) in [6.07, 6.45) is 6.17. The molecule has 1 aromatic heterocycles. The van der Waals surface area contributed by atoms with Crippen LogP contribution < -0.4 is 5.32 Å². The van der Waals surface area contributed by atoms with Crippen LogP contribution in [-0.4, -0.2) is 16.4 Å². The Hall–Kier alpha value is -1.12. The number of hydrogen-bond acceptors (Lipinski definition) is 2. The average molecular weight is 289 g/mol. The first-order valence-corrected chi connectivity index (χ1v) is 7.99. The Balaban J connectivity index is 1.66. The molecule has 1 N–H and O–H groups in total. The van der Waals surface area contributed by atoms with Crippen molar-refractivity contribution in [3.63, 3.8) is 0 Å². The molecule has 1 aliphatic rings. The predicted octanol–water partition coefficient (Wildman–Crippen LogP) is 4.26. The lowest BCUT2D eigenvalue weighted by Crippen LogP contribution is -2.36. The van der Waals surface area contributed by atoms with Crippen LogP contribution in [0.1, 0.15) is 37.8 Å². The minimum Gasteiger partial charge on any atom is -0.307 e. The number of aromatic nitrogens is 1. The van der Waals surface area contributed by atoms with E-state index in [0.29, 0.717) is 6.04 Å². The second kappa shape index (κ2) is 6.55. The second-order valence-electron chi connectivity index (χ2n) is 5.64. The molecule has 1 heterocycles. The van der Waals surface area contributed by atoms with Gasteiger partial charge in [-0.3, -0.25) is 4.98 Å². The highest BCUT2D eigenvalue weighted by molar-refractivity contribution is 6.21. The molecule has 2 unspecified atom stereocenters. The third-order valence-electron chi connectivity index (χ3n) is 4.13. The van der Waals surface area contributed by atoms with Crippen LogP contribution in [0.3, 0.4) is 0 Å². The second-order valence-corrected chi connectivity index (χ2v) is 6.20. The third kappa shape index (κ3) is 3.31. The van der Waals surface area contributed by atoms with Gasteiger partial charge in [0.1, 0.15) is 0 Å². The van der Waals surface area contributed by atoms with Gasteiger partial charge in [0.05, 0.1) is 11.2 Å². The summed E-state index contributed by atoms with van der Waals surface area (Å²) in [6, 6.07) is 12.9. The molecule has 0 saturated heterocycles. The molecular formula is C17H21ClN2. The molecule has 106 valence electrons. The topological polar surface area (TPSA) is 24.9 Å². The number of halogens is 1. The quantitative estimate of drug-likeness (QED) is 0.674. The van der Waals surface area contributed by atoms with E-state index in [9.17, 15) is 0 Å². The molecule has 1 saturated carbocycles. The Kier molecular flexibility index (Phi) is 4.54. The van der Waals surface area contributed by atoms with E-state index in [1.807, 2.05) is 12.1 Å². The van der Waals surface area contributed by atoms with Gasteiger partial charge in [-0.2, -0.15) is 0 Å². The van der Waals surface area contributed by atoms with E-state index >= 15 is 0 Å². The standard InChI is InChI=1S/C17H21ClN2/c18-15-7-2-1-3-9-17(15)19-12-14-11-10-13-6-4-5-8-16(13)20-14/h4-6,8,10-11,15,17,19H,1-3,7,9,12H2. The monoisotopic (exact) mass is 288 g/mol. The average Bonchev–Trinajstić information content (AvgIpc) is 2.69. The van der Waals surface area contributed by atoms with Gasteiger partial charge in [0, 0.05) is 23.3 Å². The number of benzene rings is 1. The summed E-state index contributed by atoms with van der Waals surface area (Å²) in [5.41, 5.74) is 2.16. The molecule has 3 heteroatoms. The highest BCUT2D eigenvalue weighted by Crippen LogP contribution is 2.22. The van der Waals surface area contributed by atoms with Gasteiger partial charge in [0.2, 0.25) is 0 Å². The van der Waals surface area contributed by atoms with Crippen LogP contribution in [0.15, 0.2) is 36.4 Å². The molecule has 3 rings (SSSR count). The van der Waals surface area contributed by atoms with Crippen LogP contribution in [0.25, 0.3) is 10.9 Å². The first kappa shape index (κ1) is 13.8. The van der Waals surface area contributed by atoms with Crippen molar-refractivity contribution in [1.82, 2.24) is 10.3 Å². The van der Waals surface area contributed by atoms with E-state index < -0.39 is 0 Å². The largest absolute Gasteiger partial charge is 0.307 e. The summed E-state index contributed by atoms with van der Waals surface area (Å²) in [6.45, 7) is 0.804. The summed E-state index contributed by atoms with van der Waals surface area (Å²) in [7, 11) is 0. The minimum absolute atomic E-state index is 0.262. The molecular weight excluding hydrogens is 268 g/mol. The Bertz CT molecular complexity index is 570. The Labute approximate surface area is 125 Å². The van der Waals surface area contributed by atoms with Gasteiger partial charge in [-0.25, -0.2) is 0 Å². The molecule has 2 atom stereocenters. The van der Waals surface area contributed by atoms with E-state index in [0.717, 1.165) is 24.2 Å². The lowest BCUT2D eigenvalue weighted by atomic mass is 10.1. The highest BCUT2D eigenvalue weighted by atomic mass is 35.5. The molecule has 1 fully saturated rings. The van der Waals surface area contributed by atoms with E-state index in [-0.39, 0.29) is 5.38 Å². The fourth-order valence-corrected chi connectivity index (χ4v) is 3.30. The number of nitrogens with one attached hydrogen (secondary N) is 1. The fraction of sp³-hybridized carbons (Fsp3) is 0.471. The minimum atomic E-state index is 0.262. The summed E-state index contributed by atoms with van der Waals surface area (Å²) in [4.78, 5) is 4.70. The van der Waals surface area contributed by atoms with E-state index in [2.05, 4.69) is 29.6 Å². The van der Waals surface area contributed by atoms with Crippen molar-refractivity contribution in [2.45, 2.75) is 50.1 Å². The number of para-hydroxylation sites is 1. The Morgan fingerprint density at radius 1 is 1.05 bits per heavy atom. The molecule has 0 amide bonds. The Morgan fingerprint density at radius 2 is 1.90 bits per heavy atom. The van der Waals surface area contributed by atoms with Crippen LogP contribution >= 0.6 is 11.6 Å². The van der Waals surface area contributed by atoms with Gasteiger partial charge in [0.15, 0.2) is 0 Å². The summed E-state index contributed by atoms with van der Waals surface area (Å²) >= 11 is 6.47. The normalized spacial score (nSPS) is 23.6. The molecule has 0 bridgehead atoms. The van der Waals surface area contributed by atoms with Crippen LogP contribution in [0.4, 0.5) is 0 Å². The summed E-state index contributed by atoms with van der Waals surface area (Å²) in [5, 5.41) is 5.06. The number of nitrogens with zero attached hydrogens (tertiary/aromatic N) is 1. The maximum absolute atomic E-state index is 6.47. The lowest BCUT2D eigenvalue weighted by molar-refractivity contribution is 0.462. The predicted molar refractivity (Wildman–Crippen MR) is 85.1 cm³/mol. The van der Waals surface area contributed by atoms with Crippen molar-refractivity contribution in [2.75, 3.05) is 0 Å². The van der Waals surface area contributed by atoms with Crippen molar-refractivity contribution in [3.05, 3.63) is 42.1 Å². The molecule has 2 aromatic rings. The van der Waals surface area contributed by atoms with Crippen molar-refractivity contribution in [2.24, 2.45) is 0 Å². The maximum Gasteiger partial charge on any atom is 0.0705 e. The van der Waals surface area contributed by atoms with Gasteiger partial charge < -0.3 is 5.32 Å². The van der Waals surface area contributed by atoms with Crippen LogP contribution in [-0.2, 0) is 6.54 Å². The van der Waals surface area contributed by atoms with E-state index in [1.54, 1.807) is 0 Å². The molecule has 0 spiro atoms. The molecule has 2 nitrogen and oxygen atoms in total. The van der Waals surface area contributed by atoms with Gasteiger partial charge in [-0.05, 0) is 25.0 Å². The maximum atomic E-state index is 6.47. The zero-order chi connectivity index (χ0) is 13.8. The van der Waals surface area contributed by atoms with E-state index in [4.69, 9.17) is 16.6 Å².